The highest BCUT2D eigenvalue weighted by atomic mass is 79.9. The van der Waals surface area contributed by atoms with E-state index in [0.717, 1.165) is 25.5 Å². The first-order chi connectivity index (χ1) is 9.41. The summed E-state index contributed by atoms with van der Waals surface area (Å²) >= 11 is 2.99. The van der Waals surface area contributed by atoms with Gasteiger partial charge in [0.25, 0.3) is 0 Å². The second-order valence-corrected chi connectivity index (χ2v) is 7.14. The molecule has 5 heteroatoms. The van der Waals surface area contributed by atoms with Crippen LogP contribution in [0, 0.1) is 23.0 Å². The van der Waals surface area contributed by atoms with Crippen molar-refractivity contribution in [1.29, 1.82) is 0 Å². The molecule has 3 rings (SSSR count). The van der Waals surface area contributed by atoms with E-state index >= 15 is 0 Å². The van der Waals surface area contributed by atoms with E-state index in [2.05, 4.69) is 35.1 Å². The summed E-state index contributed by atoms with van der Waals surface area (Å²) < 4.78 is 33.5. The van der Waals surface area contributed by atoms with Crippen molar-refractivity contribution in [1.82, 2.24) is 0 Å². The topological polar surface area (TPSA) is 21.3 Å². The van der Waals surface area contributed by atoms with Gasteiger partial charge in [0.1, 0.15) is 11.6 Å². The minimum absolute atomic E-state index is 0.0684. The predicted octanol–water partition coefficient (Wildman–Crippen LogP) is 4.34. The zero-order chi connectivity index (χ0) is 14.5. The largest absolute Gasteiger partial charge is 0.379 e. The summed E-state index contributed by atoms with van der Waals surface area (Å²) in [7, 11) is 0. The summed E-state index contributed by atoms with van der Waals surface area (Å²) in [6.07, 6.45) is 2.33. The first-order valence-electron chi connectivity index (χ1n) is 6.94. The third-order valence-corrected chi connectivity index (χ3v) is 5.26. The van der Waals surface area contributed by atoms with Crippen LogP contribution in [0.4, 0.5) is 14.5 Å². The summed E-state index contributed by atoms with van der Waals surface area (Å²) in [5, 5.41) is 3.19. The van der Waals surface area contributed by atoms with E-state index in [1.54, 1.807) is 0 Å². The summed E-state index contributed by atoms with van der Waals surface area (Å²) in [5.74, 6) is -0.512. The zero-order valence-electron chi connectivity index (χ0n) is 11.6. The van der Waals surface area contributed by atoms with Gasteiger partial charge in [0.05, 0.1) is 16.3 Å². The van der Waals surface area contributed by atoms with Crippen LogP contribution in [0.15, 0.2) is 16.6 Å². The number of anilines is 1. The van der Waals surface area contributed by atoms with Crippen LogP contribution in [-0.2, 0) is 4.74 Å². The molecule has 0 bridgehead atoms. The highest BCUT2D eigenvalue weighted by Gasteiger charge is 2.58. The van der Waals surface area contributed by atoms with Gasteiger partial charge in [0, 0.05) is 30.0 Å². The van der Waals surface area contributed by atoms with Crippen molar-refractivity contribution in [3.05, 3.63) is 28.2 Å². The van der Waals surface area contributed by atoms with Gasteiger partial charge in [0.2, 0.25) is 0 Å². The van der Waals surface area contributed by atoms with Crippen LogP contribution >= 0.6 is 15.9 Å². The van der Waals surface area contributed by atoms with Gasteiger partial charge in [-0.3, -0.25) is 0 Å². The third kappa shape index (κ3) is 2.15. The van der Waals surface area contributed by atoms with E-state index in [9.17, 15) is 8.78 Å². The van der Waals surface area contributed by atoms with Gasteiger partial charge < -0.3 is 10.1 Å². The number of ether oxygens (including phenoxy) is 1. The van der Waals surface area contributed by atoms with E-state index < -0.39 is 11.6 Å². The molecular formula is C15H18BrF2NO. The van der Waals surface area contributed by atoms with Gasteiger partial charge in [-0.1, -0.05) is 13.8 Å². The standard InChI is InChI=1S/C15H18BrF2NO/c1-15(2)13(8-4-3-5-20-14(8)15)19-12-7-10(17)9(16)6-11(12)18/h6-8,13-14,19H,3-5H2,1-2H3. The van der Waals surface area contributed by atoms with Crippen molar-refractivity contribution in [2.75, 3.05) is 11.9 Å². The molecule has 1 heterocycles. The molecule has 0 amide bonds. The van der Waals surface area contributed by atoms with Crippen molar-refractivity contribution in [3.8, 4) is 0 Å². The molecule has 1 aliphatic heterocycles. The normalized spacial score (nSPS) is 31.4. The van der Waals surface area contributed by atoms with E-state index in [-0.39, 0.29) is 27.7 Å². The van der Waals surface area contributed by atoms with Crippen LogP contribution in [0.1, 0.15) is 26.7 Å². The summed E-state index contributed by atoms with van der Waals surface area (Å²) in [5.41, 5.74) is 0.161. The van der Waals surface area contributed by atoms with Gasteiger partial charge in [0.15, 0.2) is 0 Å². The Labute approximate surface area is 126 Å². The number of fused-ring (bicyclic) bond motifs is 1. The number of hydrogen-bond acceptors (Lipinski definition) is 2. The Bertz CT molecular complexity index is 535. The second-order valence-electron chi connectivity index (χ2n) is 6.29. The molecule has 2 aliphatic rings. The van der Waals surface area contributed by atoms with E-state index in [0.29, 0.717) is 5.92 Å². The minimum Gasteiger partial charge on any atom is -0.379 e. The molecule has 1 saturated carbocycles. The zero-order valence-corrected chi connectivity index (χ0v) is 13.1. The lowest BCUT2D eigenvalue weighted by Crippen LogP contribution is -2.67. The van der Waals surface area contributed by atoms with Crippen molar-refractivity contribution >= 4 is 21.6 Å². The average molecular weight is 346 g/mol. The molecule has 20 heavy (non-hydrogen) atoms. The maximum atomic E-state index is 13.9. The molecule has 1 saturated heterocycles. The van der Waals surface area contributed by atoms with E-state index in [4.69, 9.17) is 4.74 Å². The maximum Gasteiger partial charge on any atom is 0.147 e. The Balaban J connectivity index is 1.82. The SMILES string of the molecule is CC1(C)C(Nc2cc(F)c(Br)cc2F)C2CCCOC21. The smallest absolute Gasteiger partial charge is 0.147 e. The molecule has 3 unspecified atom stereocenters. The highest BCUT2D eigenvalue weighted by molar-refractivity contribution is 9.10. The van der Waals surface area contributed by atoms with Crippen molar-refractivity contribution < 1.29 is 13.5 Å². The van der Waals surface area contributed by atoms with Crippen LogP contribution in [0.5, 0.6) is 0 Å². The van der Waals surface area contributed by atoms with Gasteiger partial charge in [-0.15, -0.1) is 0 Å². The van der Waals surface area contributed by atoms with E-state index in [1.165, 1.54) is 6.07 Å². The van der Waals surface area contributed by atoms with Crippen molar-refractivity contribution in [2.45, 2.75) is 38.8 Å². The lowest BCUT2D eigenvalue weighted by Gasteiger charge is -2.60. The monoisotopic (exact) mass is 345 g/mol. The van der Waals surface area contributed by atoms with Crippen LogP contribution < -0.4 is 5.32 Å². The Hall–Kier alpha value is -0.680. The highest BCUT2D eigenvalue weighted by Crippen LogP contribution is 2.52. The van der Waals surface area contributed by atoms with Crippen LogP contribution in [0.2, 0.25) is 0 Å². The fourth-order valence-corrected chi connectivity index (χ4v) is 3.93. The fraction of sp³-hybridized carbons (Fsp3) is 0.600. The molecule has 0 aromatic heterocycles. The fourth-order valence-electron chi connectivity index (χ4n) is 3.62. The molecule has 2 fully saturated rings. The summed E-state index contributed by atoms with van der Waals surface area (Å²) in [6.45, 7) is 5.03. The predicted molar refractivity (Wildman–Crippen MR) is 77.7 cm³/mol. The van der Waals surface area contributed by atoms with Crippen molar-refractivity contribution in [3.63, 3.8) is 0 Å². The van der Waals surface area contributed by atoms with Gasteiger partial charge in [-0.05, 0) is 34.8 Å². The average Bonchev–Trinajstić information content (AvgIpc) is 2.41. The van der Waals surface area contributed by atoms with Gasteiger partial charge in [-0.25, -0.2) is 8.78 Å². The molecule has 110 valence electrons. The second kappa shape index (κ2) is 4.95. The Morgan fingerprint density at radius 1 is 1.30 bits per heavy atom. The molecule has 3 atom stereocenters. The molecule has 1 aliphatic carbocycles. The molecule has 1 aromatic carbocycles. The van der Waals surface area contributed by atoms with Crippen LogP contribution in [0.3, 0.4) is 0 Å². The first kappa shape index (κ1) is 14.3. The first-order valence-corrected chi connectivity index (χ1v) is 7.73. The van der Waals surface area contributed by atoms with Crippen LogP contribution in [0.25, 0.3) is 0 Å². The summed E-state index contributed by atoms with van der Waals surface area (Å²) in [6, 6.07) is 2.49. The Morgan fingerprint density at radius 3 is 2.80 bits per heavy atom. The molecule has 1 aromatic rings. The lowest BCUT2D eigenvalue weighted by atomic mass is 9.55. The van der Waals surface area contributed by atoms with Crippen LogP contribution in [-0.4, -0.2) is 18.8 Å². The lowest BCUT2D eigenvalue weighted by molar-refractivity contribution is -0.177. The molecule has 1 N–H and O–H groups in total. The third-order valence-electron chi connectivity index (χ3n) is 4.65. The number of nitrogens with one attached hydrogen (secondary N) is 1. The molecular weight excluding hydrogens is 328 g/mol. The molecule has 2 nitrogen and oxygen atoms in total. The molecule has 0 spiro atoms. The van der Waals surface area contributed by atoms with Crippen molar-refractivity contribution in [2.24, 2.45) is 11.3 Å². The Morgan fingerprint density at radius 2 is 2.05 bits per heavy atom. The maximum absolute atomic E-state index is 13.9. The Kier molecular flexibility index (Phi) is 3.53. The number of hydrogen-bond donors (Lipinski definition) is 1. The van der Waals surface area contributed by atoms with Gasteiger partial charge >= 0.3 is 0 Å². The summed E-state index contributed by atoms with van der Waals surface area (Å²) in [4.78, 5) is 0. The minimum atomic E-state index is -0.456. The number of rotatable bonds is 2. The number of benzene rings is 1. The quantitative estimate of drug-likeness (QED) is 0.805. The van der Waals surface area contributed by atoms with E-state index in [1.807, 2.05) is 0 Å². The van der Waals surface area contributed by atoms with Gasteiger partial charge in [-0.2, -0.15) is 0 Å². The number of halogens is 3. The molecule has 0 radical (unpaired) electrons.